The van der Waals surface area contributed by atoms with Crippen LogP contribution in [0.1, 0.15) is 32.1 Å². The van der Waals surface area contributed by atoms with Gasteiger partial charge in [0.1, 0.15) is 0 Å². The maximum atomic E-state index is 13.2. The van der Waals surface area contributed by atoms with Crippen molar-refractivity contribution < 1.29 is 17.2 Å². The topological polar surface area (TPSA) is 34.1 Å². The minimum Gasteiger partial charge on any atom is -0.206 e. The predicted molar refractivity (Wildman–Crippen MR) is 53.3 cm³/mol. The van der Waals surface area contributed by atoms with E-state index in [2.05, 4.69) is 0 Å². The first kappa shape index (κ1) is 11.6. The van der Waals surface area contributed by atoms with Gasteiger partial charge in [0.2, 0.25) is 0 Å². The molecule has 2 rings (SSSR count). The molecule has 2 nitrogen and oxygen atoms in total. The molecule has 0 aromatic rings. The van der Waals surface area contributed by atoms with Crippen LogP contribution in [-0.4, -0.2) is 13.7 Å². The van der Waals surface area contributed by atoms with Gasteiger partial charge in [-0.05, 0) is 37.0 Å². The molecule has 6 heteroatoms. The highest BCUT2D eigenvalue weighted by Gasteiger charge is 2.50. The van der Waals surface area contributed by atoms with Gasteiger partial charge in [0.15, 0.2) is 0 Å². The molecule has 2 saturated carbocycles. The Morgan fingerprint density at radius 3 is 2.33 bits per heavy atom. The van der Waals surface area contributed by atoms with Gasteiger partial charge >= 0.3 is 5.25 Å². The second kappa shape index (κ2) is 3.55. The smallest absolute Gasteiger partial charge is 0.206 e. The zero-order valence-corrected chi connectivity index (χ0v) is 9.70. The van der Waals surface area contributed by atoms with Crippen molar-refractivity contribution in [1.82, 2.24) is 0 Å². The molecule has 2 aliphatic carbocycles. The molecule has 3 unspecified atom stereocenters. The van der Waals surface area contributed by atoms with Crippen LogP contribution in [0.2, 0.25) is 0 Å². The fraction of sp³-hybridized carbons (Fsp3) is 1.00. The third-order valence-electron chi connectivity index (χ3n) is 3.74. The highest BCUT2D eigenvalue weighted by atomic mass is 35.7. The Bertz CT molecular complexity index is 355. The zero-order chi connectivity index (χ0) is 11.3. The Balaban J connectivity index is 2.04. The summed E-state index contributed by atoms with van der Waals surface area (Å²) in [6.07, 6.45) is 3.21. The molecule has 0 aromatic heterocycles. The summed E-state index contributed by atoms with van der Waals surface area (Å²) in [5.74, 6) is 0.667. The summed E-state index contributed by atoms with van der Waals surface area (Å²) in [4.78, 5) is 0. The molecule has 88 valence electrons. The van der Waals surface area contributed by atoms with Crippen LogP contribution in [0.15, 0.2) is 0 Å². The van der Waals surface area contributed by atoms with E-state index >= 15 is 0 Å². The summed E-state index contributed by atoms with van der Waals surface area (Å²) in [5.41, 5.74) is 0. The normalized spacial score (nSPS) is 36.1. The van der Waals surface area contributed by atoms with E-state index in [1.165, 1.54) is 0 Å². The number of halogens is 3. The predicted octanol–water partition coefficient (Wildman–Crippen LogP) is 2.97. The average Bonchev–Trinajstić information content (AvgIpc) is 2.61. The summed E-state index contributed by atoms with van der Waals surface area (Å²) in [7, 11) is -0.0402. The quantitative estimate of drug-likeness (QED) is 0.730. The Kier molecular flexibility index (Phi) is 2.74. The van der Waals surface area contributed by atoms with Gasteiger partial charge in [-0.15, -0.1) is 0 Å². The van der Waals surface area contributed by atoms with E-state index in [4.69, 9.17) is 10.7 Å². The number of hydrogen-bond acceptors (Lipinski definition) is 2. The minimum absolute atomic E-state index is 0.160. The van der Waals surface area contributed by atoms with Crippen molar-refractivity contribution in [3.63, 3.8) is 0 Å². The van der Waals surface area contributed by atoms with E-state index in [-0.39, 0.29) is 5.92 Å². The highest BCUT2D eigenvalue weighted by molar-refractivity contribution is 8.14. The average molecular weight is 259 g/mol. The van der Waals surface area contributed by atoms with E-state index in [0.717, 1.165) is 25.7 Å². The summed E-state index contributed by atoms with van der Waals surface area (Å²) >= 11 is 0. The molecular formula is C9H13ClF2O2S. The number of rotatable bonds is 3. The van der Waals surface area contributed by atoms with Gasteiger partial charge in [0, 0.05) is 17.1 Å². The monoisotopic (exact) mass is 258 g/mol. The maximum Gasteiger partial charge on any atom is 0.360 e. The number of hydrogen-bond donors (Lipinski definition) is 0. The molecule has 2 bridgehead atoms. The van der Waals surface area contributed by atoms with Crippen molar-refractivity contribution >= 4 is 19.7 Å². The molecular weight excluding hydrogens is 246 g/mol. The van der Waals surface area contributed by atoms with Crippen molar-refractivity contribution in [3.8, 4) is 0 Å². The van der Waals surface area contributed by atoms with Crippen LogP contribution in [-0.2, 0) is 9.05 Å². The van der Waals surface area contributed by atoms with Crippen LogP contribution in [0.3, 0.4) is 0 Å². The van der Waals surface area contributed by atoms with Gasteiger partial charge in [-0.3, -0.25) is 0 Å². The Morgan fingerprint density at radius 1 is 1.27 bits per heavy atom. The molecule has 2 aliphatic rings. The molecule has 15 heavy (non-hydrogen) atoms. The van der Waals surface area contributed by atoms with Crippen molar-refractivity contribution in [2.24, 2.45) is 17.8 Å². The van der Waals surface area contributed by atoms with Crippen molar-refractivity contribution in [1.29, 1.82) is 0 Å². The first-order chi connectivity index (χ1) is 6.79. The largest absolute Gasteiger partial charge is 0.360 e. The van der Waals surface area contributed by atoms with E-state index < -0.39 is 20.7 Å². The first-order valence-electron chi connectivity index (χ1n) is 5.11. The van der Waals surface area contributed by atoms with Gasteiger partial charge < -0.3 is 0 Å². The summed E-state index contributed by atoms with van der Waals surface area (Å²) in [5, 5.41) is -3.76. The molecule has 3 atom stereocenters. The lowest BCUT2D eigenvalue weighted by Gasteiger charge is -2.24. The maximum absolute atomic E-state index is 13.2. The van der Waals surface area contributed by atoms with Crippen LogP contribution in [0, 0.1) is 17.8 Å². The second-order valence-electron chi connectivity index (χ2n) is 4.71. The summed E-state index contributed by atoms with van der Waals surface area (Å²) in [6.45, 7) is 0. The third kappa shape index (κ3) is 2.13. The zero-order valence-electron chi connectivity index (χ0n) is 8.13. The molecule has 2 fully saturated rings. The van der Waals surface area contributed by atoms with Crippen LogP contribution in [0.25, 0.3) is 0 Å². The molecule has 0 radical (unpaired) electrons. The molecule has 0 spiro atoms. The molecule has 0 N–H and O–H groups in total. The van der Waals surface area contributed by atoms with Gasteiger partial charge in [0.05, 0.1) is 0 Å². The van der Waals surface area contributed by atoms with Crippen LogP contribution in [0.4, 0.5) is 8.78 Å². The van der Waals surface area contributed by atoms with Crippen LogP contribution >= 0.6 is 10.7 Å². The first-order valence-corrected chi connectivity index (χ1v) is 7.42. The van der Waals surface area contributed by atoms with E-state index in [0.29, 0.717) is 11.8 Å². The molecule has 0 aromatic carbocycles. The third-order valence-corrected chi connectivity index (χ3v) is 5.30. The van der Waals surface area contributed by atoms with Gasteiger partial charge in [0.25, 0.3) is 9.05 Å². The Hall–Kier alpha value is 0.1000. The molecule has 0 aliphatic heterocycles. The van der Waals surface area contributed by atoms with Gasteiger partial charge in [-0.1, -0.05) is 6.42 Å². The summed E-state index contributed by atoms with van der Waals surface area (Å²) < 4.78 is 47.7. The fourth-order valence-electron chi connectivity index (χ4n) is 3.03. The van der Waals surface area contributed by atoms with E-state index in [9.17, 15) is 17.2 Å². The molecule has 0 saturated heterocycles. The Morgan fingerprint density at radius 2 is 1.93 bits per heavy atom. The van der Waals surface area contributed by atoms with Crippen LogP contribution in [0.5, 0.6) is 0 Å². The van der Waals surface area contributed by atoms with Crippen molar-refractivity contribution in [3.05, 3.63) is 0 Å². The van der Waals surface area contributed by atoms with Gasteiger partial charge in [-0.25, -0.2) is 8.42 Å². The number of fused-ring (bicyclic) bond motifs is 2. The SMILES string of the molecule is O=S(=O)(Cl)C(F)(F)CC1CC2CCC1C2. The van der Waals surface area contributed by atoms with E-state index in [1.54, 1.807) is 0 Å². The number of alkyl halides is 2. The second-order valence-corrected chi connectivity index (χ2v) is 7.41. The van der Waals surface area contributed by atoms with Gasteiger partial charge in [-0.2, -0.15) is 8.78 Å². The molecule has 0 amide bonds. The fourth-order valence-corrected chi connectivity index (χ4v) is 3.63. The standard InChI is InChI=1S/C9H13ClF2O2S/c10-15(13,14)9(11,12)5-8-4-6-1-2-7(8)3-6/h6-8H,1-5H2. The summed E-state index contributed by atoms with van der Waals surface area (Å²) in [6, 6.07) is 0. The lowest BCUT2D eigenvalue weighted by molar-refractivity contribution is 0.0535. The van der Waals surface area contributed by atoms with Crippen molar-refractivity contribution in [2.75, 3.05) is 0 Å². The minimum atomic E-state index is -4.77. The molecule has 0 heterocycles. The highest BCUT2D eigenvalue weighted by Crippen LogP contribution is 2.52. The lowest BCUT2D eigenvalue weighted by atomic mass is 9.86. The van der Waals surface area contributed by atoms with Crippen LogP contribution < -0.4 is 0 Å². The Labute approximate surface area is 92.4 Å². The van der Waals surface area contributed by atoms with E-state index in [1.807, 2.05) is 0 Å². The van der Waals surface area contributed by atoms with Crippen molar-refractivity contribution in [2.45, 2.75) is 37.4 Å². The lowest BCUT2D eigenvalue weighted by Crippen LogP contribution is -2.29.